The molecule has 0 radical (unpaired) electrons. The number of methoxy groups -OCH3 is 1. The maximum atomic E-state index is 13.1. The zero-order valence-corrected chi connectivity index (χ0v) is 19.6. The molecule has 0 bridgehead atoms. The second-order valence-corrected chi connectivity index (χ2v) is 8.51. The third-order valence-electron chi connectivity index (χ3n) is 5.33. The van der Waals surface area contributed by atoms with Gasteiger partial charge in [0.25, 0.3) is 5.91 Å². The molecule has 5 aromatic rings. The number of carbonyl (C=O) groups excluding carboxylic acids is 1. The number of amides is 1. The van der Waals surface area contributed by atoms with E-state index in [4.69, 9.17) is 9.72 Å². The van der Waals surface area contributed by atoms with Crippen molar-refractivity contribution in [3.63, 3.8) is 0 Å². The van der Waals surface area contributed by atoms with Crippen molar-refractivity contribution in [2.24, 2.45) is 7.05 Å². The number of aryl methyl sites for hydroxylation is 1. The molecule has 2 aromatic carbocycles. The second kappa shape index (κ2) is 8.91. The van der Waals surface area contributed by atoms with Crippen molar-refractivity contribution in [3.05, 3.63) is 78.4 Å². The van der Waals surface area contributed by atoms with Crippen molar-refractivity contribution >= 4 is 22.4 Å². The number of benzene rings is 2. The van der Waals surface area contributed by atoms with Gasteiger partial charge in [-0.25, -0.2) is 14.6 Å². The lowest BCUT2D eigenvalue weighted by Crippen LogP contribution is -2.14. The molecular formula is C24H21N7O2S. The molecule has 0 aliphatic heterocycles. The summed E-state index contributed by atoms with van der Waals surface area (Å²) in [4.78, 5) is 23.2. The van der Waals surface area contributed by atoms with E-state index >= 15 is 0 Å². The fourth-order valence-electron chi connectivity index (χ4n) is 3.58. The van der Waals surface area contributed by atoms with Gasteiger partial charge in [-0.3, -0.25) is 10.1 Å². The standard InChI is InChI=1S/C24H21N7O2S/c1-15-19(28-29-31(15)17-10-7-11-18(14-17)33-3)23(32)27-24-26-20(16-8-5-4-6-9-16)21(34-24)22-25-12-13-30(22)2/h4-14H,1-3H3,(H,26,27,32). The zero-order valence-electron chi connectivity index (χ0n) is 18.8. The van der Waals surface area contributed by atoms with E-state index in [2.05, 4.69) is 20.6 Å². The Labute approximate surface area is 199 Å². The normalized spacial score (nSPS) is 10.9. The number of ether oxygens (including phenoxy) is 1. The number of hydrogen-bond acceptors (Lipinski definition) is 7. The molecule has 0 unspecified atom stereocenters. The molecule has 0 aliphatic carbocycles. The quantitative estimate of drug-likeness (QED) is 0.395. The van der Waals surface area contributed by atoms with Gasteiger partial charge in [-0.05, 0) is 19.1 Å². The largest absolute Gasteiger partial charge is 0.497 e. The maximum Gasteiger partial charge on any atom is 0.279 e. The van der Waals surface area contributed by atoms with Gasteiger partial charge in [0.2, 0.25) is 0 Å². The van der Waals surface area contributed by atoms with Gasteiger partial charge < -0.3 is 9.30 Å². The molecule has 3 heterocycles. The molecule has 9 nitrogen and oxygen atoms in total. The highest BCUT2D eigenvalue weighted by Gasteiger charge is 2.22. The van der Waals surface area contributed by atoms with Crippen molar-refractivity contribution < 1.29 is 9.53 Å². The number of nitrogens with zero attached hydrogens (tertiary/aromatic N) is 6. The second-order valence-electron chi connectivity index (χ2n) is 7.52. The van der Waals surface area contributed by atoms with Crippen molar-refractivity contribution in [2.45, 2.75) is 6.92 Å². The van der Waals surface area contributed by atoms with Gasteiger partial charge in [0.05, 0.1) is 29.1 Å². The number of carbonyl (C=O) groups is 1. The number of anilines is 1. The highest BCUT2D eigenvalue weighted by molar-refractivity contribution is 7.19. The minimum Gasteiger partial charge on any atom is -0.497 e. The Morgan fingerprint density at radius 1 is 1.12 bits per heavy atom. The summed E-state index contributed by atoms with van der Waals surface area (Å²) in [6, 6.07) is 17.2. The summed E-state index contributed by atoms with van der Waals surface area (Å²) in [7, 11) is 3.53. The molecule has 1 N–H and O–H groups in total. The molecule has 0 atom stereocenters. The van der Waals surface area contributed by atoms with E-state index < -0.39 is 0 Å². The van der Waals surface area contributed by atoms with E-state index in [-0.39, 0.29) is 11.6 Å². The van der Waals surface area contributed by atoms with Gasteiger partial charge in [0.1, 0.15) is 5.75 Å². The predicted molar refractivity (Wildman–Crippen MR) is 130 cm³/mol. The maximum absolute atomic E-state index is 13.1. The van der Waals surface area contributed by atoms with Gasteiger partial charge in [-0.15, -0.1) is 5.10 Å². The zero-order chi connectivity index (χ0) is 23.7. The molecule has 0 saturated carbocycles. The average molecular weight is 472 g/mol. The molecule has 3 aromatic heterocycles. The first-order valence-corrected chi connectivity index (χ1v) is 11.3. The Morgan fingerprint density at radius 3 is 2.68 bits per heavy atom. The van der Waals surface area contributed by atoms with Crippen LogP contribution in [0, 0.1) is 6.92 Å². The van der Waals surface area contributed by atoms with E-state index in [1.807, 2.05) is 72.4 Å². The summed E-state index contributed by atoms with van der Waals surface area (Å²) < 4.78 is 8.82. The highest BCUT2D eigenvalue weighted by Crippen LogP contribution is 2.38. The summed E-state index contributed by atoms with van der Waals surface area (Å²) in [5.74, 6) is 1.08. The first-order valence-electron chi connectivity index (χ1n) is 10.5. The van der Waals surface area contributed by atoms with Crippen molar-refractivity contribution in [1.29, 1.82) is 0 Å². The molecule has 10 heteroatoms. The lowest BCUT2D eigenvalue weighted by molar-refractivity contribution is 0.102. The summed E-state index contributed by atoms with van der Waals surface area (Å²) in [6.45, 7) is 1.80. The summed E-state index contributed by atoms with van der Waals surface area (Å²) in [6.07, 6.45) is 3.62. The number of thiazole rings is 1. The van der Waals surface area contributed by atoms with E-state index in [0.29, 0.717) is 16.6 Å². The minimum atomic E-state index is -0.383. The summed E-state index contributed by atoms with van der Waals surface area (Å²) in [5.41, 5.74) is 3.28. The van der Waals surface area contributed by atoms with Crippen LogP contribution in [0.3, 0.4) is 0 Å². The highest BCUT2D eigenvalue weighted by atomic mass is 32.1. The lowest BCUT2D eigenvalue weighted by atomic mass is 10.1. The van der Waals surface area contributed by atoms with Crippen LogP contribution < -0.4 is 10.1 Å². The fraction of sp³-hybridized carbons (Fsp3) is 0.125. The number of rotatable bonds is 6. The minimum absolute atomic E-state index is 0.220. The van der Waals surface area contributed by atoms with Crippen LogP contribution in [-0.2, 0) is 7.05 Å². The molecule has 170 valence electrons. The van der Waals surface area contributed by atoms with Gasteiger partial charge in [0, 0.05) is 31.1 Å². The summed E-state index contributed by atoms with van der Waals surface area (Å²) >= 11 is 1.37. The van der Waals surface area contributed by atoms with Crippen molar-refractivity contribution in [1.82, 2.24) is 29.5 Å². The Balaban J connectivity index is 1.47. The number of nitrogens with one attached hydrogen (secondary N) is 1. The molecule has 5 rings (SSSR count). The predicted octanol–water partition coefficient (Wildman–Crippen LogP) is 4.36. The van der Waals surface area contributed by atoms with E-state index in [9.17, 15) is 4.79 Å². The Kier molecular flexibility index (Phi) is 5.64. The molecular weight excluding hydrogens is 450 g/mol. The molecule has 0 spiro atoms. The van der Waals surface area contributed by atoms with Gasteiger partial charge in [-0.2, -0.15) is 0 Å². The van der Waals surface area contributed by atoms with Crippen LogP contribution in [0.25, 0.3) is 27.6 Å². The first-order chi connectivity index (χ1) is 16.5. The molecule has 34 heavy (non-hydrogen) atoms. The van der Waals surface area contributed by atoms with Crippen LogP contribution in [-0.4, -0.2) is 42.5 Å². The monoisotopic (exact) mass is 471 g/mol. The van der Waals surface area contributed by atoms with Crippen LogP contribution in [0.1, 0.15) is 16.2 Å². The Hall–Kier alpha value is -4.31. The lowest BCUT2D eigenvalue weighted by Gasteiger charge is -2.06. The third kappa shape index (κ3) is 3.95. The van der Waals surface area contributed by atoms with Crippen LogP contribution in [0.15, 0.2) is 67.0 Å². The average Bonchev–Trinajstić information content (AvgIpc) is 3.57. The van der Waals surface area contributed by atoms with Crippen molar-refractivity contribution in [3.8, 4) is 33.4 Å². The molecule has 0 aliphatic rings. The van der Waals surface area contributed by atoms with Gasteiger partial charge >= 0.3 is 0 Å². The molecule has 1 amide bonds. The SMILES string of the molecule is COc1cccc(-n2nnc(C(=O)Nc3nc(-c4ccccc4)c(-c4nccn4C)s3)c2C)c1. The Morgan fingerprint density at radius 2 is 1.94 bits per heavy atom. The summed E-state index contributed by atoms with van der Waals surface area (Å²) in [5, 5.41) is 11.6. The number of hydrogen-bond donors (Lipinski definition) is 1. The van der Waals surface area contributed by atoms with Gasteiger partial charge in [-0.1, -0.05) is 52.9 Å². The first kappa shape index (κ1) is 21.5. The van der Waals surface area contributed by atoms with Crippen molar-refractivity contribution in [2.75, 3.05) is 12.4 Å². The fourth-order valence-corrected chi connectivity index (χ4v) is 4.61. The smallest absolute Gasteiger partial charge is 0.279 e. The topological polar surface area (TPSA) is 99.8 Å². The van der Waals surface area contributed by atoms with E-state index in [0.717, 1.165) is 27.6 Å². The molecule has 0 fully saturated rings. The van der Waals surface area contributed by atoms with E-state index in [1.54, 1.807) is 24.9 Å². The van der Waals surface area contributed by atoms with Crippen LogP contribution in [0.4, 0.5) is 5.13 Å². The Bertz CT molecular complexity index is 1470. The van der Waals surface area contributed by atoms with Gasteiger partial charge in [0.15, 0.2) is 16.6 Å². The third-order valence-corrected chi connectivity index (χ3v) is 6.29. The number of aromatic nitrogens is 6. The van der Waals surface area contributed by atoms with Crippen LogP contribution in [0.5, 0.6) is 5.75 Å². The molecule has 0 saturated heterocycles. The van der Waals surface area contributed by atoms with Crippen LogP contribution >= 0.6 is 11.3 Å². The number of imidazole rings is 1. The van der Waals surface area contributed by atoms with Crippen LogP contribution in [0.2, 0.25) is 0 Å². The van der Waals surface area contributed by atoms with E-state index in [1.165, 1.54) is 11.3 Å².